The molecule has 0 aliphatic rings. The first kappa shape index (κ1) is 18.8. The predicted molar refractivity (Wildman–Crippen MR) is 100 cm³/mol. The van der Waals surface area contributed by atoms with Crippen LogP contribution in [0.15, 0.2) is 42.5 Å². The van der Waals surface area contributed by atoms with Crippen LogP contribution in [0.5, 0.6) is 5.75 Å². The van der Waals surface area contributed by atoms with Gasteiger partial charge in [-0.1, -0.05) is 38.4 Å². The van der Waals surface area contributed by atoms with Crippen LogP contribution in [-0.4, -0.2) is 18.9 Å². The summed E-state index contributed by atoms with van der Waals surface area (Å²) >= 11 is 5.91. The van der Waals surface area contributed by atoms with Gasteiger partial charge < -0.3 is 15.4 Å². The molecule has 0 aliphatic carbocycles. The lowest BCUT2D eigenvalue weighted by Crippen LogP contribution is -2.27. The Hall–Kier alpha value is -2.53. The van der Waals surface area contributed by atoms with Crippen molar-refractivity contribution in [3.05, 3.63) is 53.1 Å². The van der Waals surface area contributed by atoms with Gasteiger partial charge in [-0.05, 0) is 36.4 Å². The van der Waals surface area contributed by atoms with Gasteiger partial charge >= 0.3 is 0 Å². The number of methoxy groups -OCH3 is 1. The zero-order valence-electron chi connectivity index (χ0n) is 14.6. The van der Waals surface area contributed by atoms with Crippen molar-refractivity contribution in [1.82, 2.24) is 0 Å². The Bertz CT molecular complexity index is 797. The van der Waals surface area contributed by atoms with Gasteiger partial charge in [-0.3, -0.25) is 9.59 Å². The number of amides is 2. The molecule has 0 atom stereocenters. The number of carbonyl (C=O) groups is 2. The zero-order valence-corrected chi connectivity index (χ0v) is 15.4. The highest BCUT2D eigenvalue weighted by molar-refractivity contribution is 6.31. The molecular formula is C19H21ClN2O3. The Morgan fingerprint density at radius 2 is 1.64 bits per heavy atom. The fourth-order valence-electron chi connectivity index (χ4n) is 2.04. The normalized spacial score (nSPS) is 10.9. The van der Waals surface area contributed by atoms with Gasteiger partial charge in [-0.25, -0.2) is 0 Å². The molecule has 0 bridgehead atoms. The fourth-order valence-corrected chi connectivity index (χ4v) is 2.21. The average Bonchev–Trinajstić information content (AvgIpc) is 2.54. The summed E-state index contributed by atoms with van der Waals surface area (Å²) in [5.74, 6) is -0.0367. The second kappa shape index (κ2) is 7.57. The molecule has 2 aromatic carbocycles. The minimum absolute atomic E-state index is 0.102. The van der Waals surface area contributed by atoms with Gasteiger partial charge in [0.15, 0.2) is 0 Å². The van der Waals surface area contributed by atoms with Crippen LogP contribution in [0.25, 0.3) is 0 Å². The fraction of sp³-hybridized carbons (Fsp3) is 0.263. The minimum Gasteiger partial charge on any atom is -0.496 e. The highest BCUT2D eigenvalue weighted by atomic mass is 35.5. The van der Waals surface area contributed by atoms with Gasteiger partial charge in [-0.15, -0.1) is 0 Å². The van der Waals surface area contributed by atoms with Crippen molar-refractivity contribution in [2.45, 2.75) is 20.8 Å². The molecular weight excluding hydrogens is 340 g/mol. The third-order valence-electron chi connectivity index (χ3n) is 3.47. The van der Waals surface area contributed by atoms with Gasteiger partial charge in [0.2, 0.25) is 5.91 Å². The number of rotatable bonds is 4. The summed E-state index contributed by atoms with van der Waals surface area (Å²) in [5.41, 5.74) is 1.04. The molecule has 2 amide bonds. The summed E-state index contributed by atoms with van der Waals surface area (Å²) in [5, 5.41) is 6.11. The molecule has 132 valence electrons. The van der Waals surface area contributed by atoms with Gasteiger partial charge in [-0.2, -0.15) is 0 Å². The number of halogens is 1. The van der Waals surface area contributed by atoms with E-state index in [-0.39, 0.29) is 11.8 Å². The van der Waals surface area contributed by atoms with Gasteiger partial charge in [0.1, 0.15) is 5.75 Å². The second-order valence-corrected chi connectivity index (χ2v) is 7.02. The Kier molecular flexibility index (Phi) is 5.69. The highest BCUT2D eigenvalue weighted by Crippen LogP contribution is 2.25. The number of carbonyl (C=O) groups excluding carboxylic acids is 2. The number of benzene rings is 2. The summed E-state index contributed by atoms with van der Waals surface area (Å²) in [6.07, 6.45) is 0. The van der Waals surface area contributed by atoms with Crippen molar-refractivity contribution in [3.8, 4) is 5.75 Å². The van der Waals surface area contributed by atoms with Crippen LogP contribution in [0.4, 0.5) is 11.4 Å². The molecule has 6 heteroatoms. The lowest BCUT2D eigenvalue weighted by atomic mass is 9.95. The summed E-state index contributed by atoms with van der Waals surface area (Å²) in [6.45, 7) is 5.50. The van der Waals surface area contributed by atoms with Crippen LogP contribution in [0, 0.1) is 5.41 Å². The maximum atomic E-state index is 12.5. The maximum Gasteiger partial charge on any atom is 0.259 e. The Morgan fingerprint density at radius 3 is 2.24 bits per heavy atom. The van der Waals surface area contributed by atoms with Crippen LogP contribution in [-0.2, 0) is 4.79 Å². The third kappa shape index (κ3) is 4.97. The average molecular weight is 361 g/mol. The monoisotopic (exact) mass is 360 g/mol. The van der Waals surface area contributed by atoms with Crippen molar-refractivity contribution in [2.75, 3.05) is 17.7 Å². The molecule has 0 aromatic heterocycles. The molecule has 0 saturated heterocycles. The Morgan fingerprint density at radius 1 is 1.00 bits per heavy atom. The molecule has 0 heterocycles. The summed E-state index contributed by atoms with van der Waals surface area (Å²) < 4.78 is 5.20. The Balaban J connectivity index is 2.17. The molecule has 2 N–H and O–H groups in total. The number of ether oxygens (including phenoxy) is 1. The summed E-state index contributed by atoms with van der Waals surface area (Å²) in [4.78, 5) is 24.6. The van der Waals surface area contributed by atoms with Crippen LogP contribution in [0.1, 0.15) is 31.1 Å². The van der Waals surface area contributed by atoms with Crippen molar-refractivity contribution in [2.24, 2.45) is 5.41 Å². The van der Waals surface area contributed by atoms with E-state index < -0.39 is 5.41 Å². The van der Waals surface area contributed by atoms with Crippen LogP contribution in [0.3, 0.4) is 0 Å². The molecule has 0 aliphatic heterocycles. The largest absolute Gasteiger partial charge is 0.496 e. The molecule has 0 fully saturated rings. The van der Waals surface area contributed by atoms with Gasteiger partial charge in [0.05, 0.1) is 12.7 Å². The molecule has 0 radical (unpaired) electrons. The first-order chi connectivity index (χ1) is 11.7. The van der Waals surface area contributed by atoms with Gasteiger partial charge in [0, 0.05) is 21.8 Å². The molecule has 0 spiro atoms. The number of hydrogen-bond donors (Lipinski definition) is 2. The van der Waals surface area contributed by atoms with Crippen molar-refractivity contribution < 1.29 is 14.3 Å². The quantitative estimate of drug-likeness (QED) is 0.838. The molecule has 0 saturated carbocycles. The lowest BCUT2D eigenvalue weighted by Gasteiger charge is -2.18. The van der Waals surface area contributed by atoms with E-state index >= 15 is 0 Å². The summed E-state index contributed by atoms with van der Waals surface area (Å²) in [7, 11) is 1.48. The SMILES string of the molecule is COc1cc(Cl)ccc1C(=O)Nc1cccc(NC(=O)C(C)(C)C)c1. The van der Waals surface area contributed by atoms with E-state index in [1.165, 1.54) is 7.11 Å². The van der Waals surface area contributed by atoms with E-state index in [4.69, 9.17) is 16.3 Å². The number of anilines is 2. The first-order valence-corrected chi connectivity index (χ1v) is 8.15. The van der Waals surface area contributed by atoms with E-state index in [0.29, 0.717) is 27.7 Å². The molecule has 2 aromatic rings. The summed E-state index contributed by atoms with van der Waals surface area (Å²) in [6, 6.07) is 11.8. The molecule has 25 heavy (non-hydrogen) atoms. The smallest absolute Gasteiger partial charge is 0.259 e. The molecule has 2 rings (SSSR count). The standard InChI is InChI=1S/C19H21ClN2O3/c1-19(2,3)18(24)22-14-7-5-6-13(11-14)21-17(23)15-9-8-12(20)10-16(15)25-4/h5-11H,1-4H3,(H,21,23)(H,22,24). The minimum atomic E-state index is -0.504. The molecule has 0 unspecified atom stereocenters. The third-order valence-corrected chi connectivity index (χ3v) is 3.70. The lowest BCUT2D eigenvalue weighted by molar-refractivity contribution is -0.123. The first-order valence-electron chi connectivity index (χ1n) is 7.77. The highest BCUT2D eigenvalue weighted by Gasteiger charge is 2.21. The zero-order chi connectivity index (χ0) is 18.6. The van der Waals surface area contributed by atoms with Crippen LogP contribution < -0.4 is 15.4 Å². The number of hydrogen-bond acceptors (Lipinski definition) is 3. The predicted octanol–water partition coefficient (Wildman–Crippen LogP) is 4.59. The van der Waals surface area contributed by atoms with Crippen molar-refractivity contribution in [3.63, 3.8) is 0 Å². The second-order valence-electron chi connectivity index (χ2n) is 6.58. The van der Waals surface area contributed by atoms with E-state index in [9.17, 15) is 9.59 Å². The van der Waals surface area contributed by atoms with E-state index in [2.05, 4.69) is 10.6 Å². The van der Waals surface area contributed by atoms with Crippen LogP contribution >= 0.6 is 11.6 Å². The van der Waals surface area contributed by atoms with Gasteiger partial charge in [0.25, 0.3) is 5.91 Å². The van der Waals surface area contributed by atoms with E-state index in [1.54, 1.807) is 42.5 Å². The van der Waals surface area contributed by atoms with Crippen molar-refractivity contribution in [1.29, 1.82) is 0 Å². The topological polar surface area (TPSA) is 67.4 Å². The molecule has 5 nitrogen and oxygen atoms in total. The van der Waals surface area contributed by atoms with E-state index in [1.807, 2.05) is 20.8 Å². The number of nitrogens with one attached hydrogen (secondary N) is 2. The Labute approximate surface area is 152 Å². The van der Waals surface area contributed by atoms with Crippen LogP contribution in [0.2, 0.25) is 5.02 Å². The van der Waals surface area contributed by atoms with E-state index in [0.717, 1.165) is 0 Å². The van der Waals surface area contributed by atoms with Crippen molar-refractivity contribution >= 4 is 34.8 Å². The maximum absolute atomic E-state index is 12.5.